The maximum atomic E-state index is 14.6. The predicted molar refractivity (Wildman–Crippen MR) is 168 cm³/mol. The third kappa shape index (κ3) is 6.42. The van der Waals surface area contributed by atoms with E-state index in [4.69, 9.17) is 5.26 Å². The van der Waals surface area contributed by atoms with Crippen molar-refractivity contribution in [3.63, 3.8) is 0 Å². The Kier molecular flexibility index (Phi) is 8.58. The lowest BCUT2D eigenvalue weighted by Gasteiger charge is -2.28. The summed E-state index contributed by atoms with van der Waals surface area (Å²) in [6, 6.07) is 19.2. The third-order valence-electron chi connectivity index (χ3n) is 8.17. The number of rotatable bonds is 10. The molecule has 3 aromatic heterocycles. The molecule has 0 radical (unpaired) electrons. The lowest BCUT2D eigenvalue weighted by atomic mass is 9.85. The fourth-order valence-electron chi connectivity index (χ4n) is 5.91. The number of carbonyl (C=O) groups is 2. The monoisotopic (exact) mass is 638 g/mol. The number of hydrogen-bond donors (Lipinski definition) is 1. The molecule has 0 spiro atoms. The van der Waals surface area contributed by atoms with Crippen molar-refractivity contribution in [3.05, 3.63) is 125 Å². The van der Waals surface area contributed by atoms with E-state index < -0.39 is 15.6 Å². The van der Waals surface area contributed by atoms with Crippen LogP contribution in [0.25, 0.3) is 0 Å². The Bertz CT molecular complexity index is 1810. The van der Waals surface area contributed by atoms with Gasteiger partial charge in [0, 0.05) is 68.9 Å². The van der Waals surface area contributed by atoms with E-state index in [0.717, 1.165) is 11.1 Å². The first-order valence-corrected chi connectivity index (χ1v) is 16.8. The molecule has 1 N–H and O–H groups in total. The molecule has 0 aliphatic carbocycles. The molecule has 1 atom stereocenters. The molecular formula is C33H30N6O4S2. The first-order chi connectivity index (χ1) is 21.8. The SMILES string of the molecule is N#Cc1ccc(C(=O)/C=C2\NC(Cc3ccncc3)(Cc3ccncc3)C(=O)N2CC2CCN(S(=O)(=O)c3cccs3)C2)cc1. The van der Waals surface area contributed by atoms with Crippen LogP contribution in [0.15, 0.2) is 107 Å². The van der Waals surface area contributed by atoms with Crippen LogP contribution in [-0.4, -0.2) is 64.5 Å². The Morgan fingerprint density at radius 3 is 2.24 bits per heavy atom. The Hall–Kier alpha value is -4.70. The number of pyridine rings is 2. The van der Waals surface area contributed by atoms with Crippen LogP contribution >= 0.6 is 11.3 Å². The summed E-state index contributed by atoms with van der Waals surface area (Å²) in [4.78, 5) is 38.0. The van der Waals surface area contributed by atoms with Crippen molar-refractivity contribution in [3.8, 4) is 6.07 Å². The summed E-state index contributed by atoms with van der Waals surface area (Å²) in [5.74, 6) is -0.306. The summed E-state index contributed by atoms with van der Waals surface area (Å²) in [5.41, 5.74) is 1.49. The summed E-state index contributed by atoms with van der Waals surface area (Å²) in [7, 11) is -3.62. The third-order valence-corrected chi connectivity index (χ3v) is 11.4. The van der Waals surface area contributed by atoms with E-state index in [9.17, 15) is 18.0 Å². The maximum absolute atomic E-state index is 14.6. The van der Waals surface area contributed by atoms with E-state index in [1.807, 2.05) is 24.3 Å². The molecule has 5 heterocycles. The highest BCUT2D eigenvalue weighted by Gasteiger charge is 2.50. The zero-order valence-corrected chi connectivity index (χ0v) is 25.9. The van der Waals surface area contributed by atoms with Crippen molar-refractivity contribution in [1.82, 2.24) is 24.5 Å². The second-order valence-electron chi connectivity index (χ2n) is 11.2. The van der Waals surface area contributed by atoms with Gasteiger partial charge in [-0.2, -0.15) is 9.57 Å². The number of amides is 1. The van der Waals surface area contributed by atoms with Gasteiger partial charge in [-0.3, -0.25) is 24.5 Å². The summed E-state index contributed by atoms with van der Waals surface area (Å²) < 4.78 is 28.2. The molecule has 1 amide bonds. The van der Waals surface area contributed by atoms with Crippen LogP contribution in [0.2, 0.25) is 0 Å². The van der Waals surface area contributed by atoms with Gasteiger partial charge in [-0.15, -0.1) is 11.3 Å². The normalized spacial score (nSPS) is 19.0. The number of sulfonamides is 1. The van der Waals surface area contributed by atoms with Gasteiger partial charge in [-0.1, -0.05) is 6.07 Å². The van der Waals surface area contributed by atoms with Gasteiger partial charge in [0.25, 0.3) is 15.9 Å². The largest absolute Gasteiger partial charge is 0.357 e. The van der Waals surface area contributed by atoms with E-state index in [-0.39, 0.29) is 30.7 Å². The minimum absolute atomic E-state index is 0.142. The molecule has 2 saturated heterocycles. The van der Waals surface area contributed by atoms with Gasteiger partial charge < -0.3 is 5.32 Å². The molecule has 228 valence electrons. The van der Waals surface area contributed by atoms with Crippen LogP contribution in [0.4, 0.5) is 0 Å². The Morgan fingerprint density at radius 1 is 1.02 bits per heavy atom. The van der Waals surface area contributed by atoms with Crippen molar-refractivity contribution in [2.75, 3.05) is 19.6 Å². The second kappa shape index (κ2) is 12.7. The van der Waals surface area contributed by atoms with Crippen LogP contribution < -0.4 is 5.32 Å². The predicted octanol–water partition coefficient (Wildman–Crippen LogP) is 3.80. The fourth-order valence-corrected chi connectivity index (χ4v) is 8.58. The molecule has 1 unspecified atom stereocenters. The van der Waals surface area contributed by atoms with Crippen molar-refractivity contribution >= 4 is 33.1 Å². The van der Waals surface area contributed by atoms with Crippen molar-refractivity contribution in [2.24, 2.45) is 5.92 Å². The number of ketones is 1. The Morgan fingerprint density at radius 2 is 1.67 bits per heavy atom. The number of thiophene rings is 1. The van der Waals surface area contributed by atoms with Crippen molar-refractivity contribution in [2.45, 2.75) is 29.0 Å². The number of benzene rings is 1. The molecular weight excluding hydrogens is 609 g/mol. The zero-order valence-electron chi connectivity index (χ0n) is 24.2. The van der Waals surface area contributed by atoms with Gasteiger partial charge in [0.05, 0.1) is 11.6 Å². The van der Waals surface area contributed by atoms with Gasteiger partial charge in [0.1, 0.15) is 15.6 Å². The molecule has 10 nitrogen and oxygen atoms in total. The van der Waals surface area contributed by atoms with Crippen LogP contribution in [0, 0.1) is 17.2 Å². The number of nitrogens with zero attached hydrogens (tertiary/aromatic N) is 5. The lowest BCUT2D eigenvalue weighted by Crippen LogP contribution is -2.51. The van der Waals surface area contributed by atoms with E-state index in [1.165, 1.54) is 21.7 Å². The highest BCUT2D eigenvalue weighted by molar-refractivity contribution is 7.91. The minimum Gasteiger partial charge on any atom is -0.357 e. The van der Waals surface area contributed by atoms with E-state index in [1.54, 1.807) is 71.5 Å². The van der Waals surface area contributed by atoms with Crippen LogP contribution in [0.5, 0.6) is 0 Å². The molecule has 2 fully saturated rings. The van der Waals surface area contributed by atoms with Crippen LogP contribution in [0.1, 0.15) is 33.5 Å². The first-order valence-electron chi connectivity index (χ1n) is 14.5. The second-order valence-corrected chi connectivity index (χ2v) is 14.3. The van der Waals surface area contributed by atoms with Crippen LogP contribution in [0.3, 0.4) is 0 Å². The number of hydrogen-bond acceptors (Lipinski definition) is 9. The van der Waals surface area contributed by atoms with Crippen LogP contribution in [-0.2, 0) is 27.7 Å². The minimum atomic E-state index is -3.62. The van der Waals surface area contributed by atoms with E-state index >= 15 is 0 Å². The first kappa shape index (κ1) is 30.3. The average molecular weight is 639 g/mol. The van der Waals surface area contributed by atoms with Crippen molar-refractivity contribution in [1.29, 1.82) is 5.26 Å². The molecule has 2 aliphatic heterocycles. The smallest absolute Gasteiger partial charge is 0.254 e. The number of nitriles is 1. The Balaban J connectivity index is 1.34. The number of allylic oxidation sites excluding steroid dienone is 1. The highest BCUT2D eigenvalue weighted by atomic mass is 32.2. The van der Waals surface area contributed by atoms with Crippen molar-refractivity contribution < 1.29 is 18.0 Å². The standard InChI is InChI=1S/C33H30N6O4S2/c34-21-26-3-5-28(6-4-26)29(40)18-30-37-33(19-24-7-12-35-13-8-24,20-25-9-14-36-15-10-25)32(41)39(30)23-27-11-16-38(22-27)45(42,43)31-2-1-17-44-31/h1-10,12-15,17-18,27,37H,11,16,19-20,22-23H2/b30-18+. The molecule has 4 aromatic rings. The van der Waals surface area contributed by atoms with E-state index in [2.05, 4.69) is 21.4 Å². The number of nitrogens with one attached hydrogen (secondary N) is 1. The topological polar surface area (TPSA) is 136 Å². The fraction of sp³-hybridized carbons (Fsp3) is 0.242. The summed E-state index contributed by atoms with van der Waals surface area (Å²) in [6.07, 6.45) is 9.39. The summed E-state index contributed by atoms with van der Waals surface area (Å²) in [6.45, 7) is 0.856. The number of aromatic nitrogens is 2. The van der Waals surface area contributed by atoms with Gasteiger partial charge in [0.15, 0.2) is 5.78 Å². The van der Waals surface area contributed by atoms with Gasteiger partial charge in [-0.05, 0) is 83.4 Å². The molecule has 12 heteroatoms. The average Bonchev–Trinajstić information content (AvgIpc) is 3.82. The number of carbonyl (C=O) groups excluding carboxylic acids is 2. The summed E-state index contributed by atoms with van der Waals surface area (Å²) in [5, 5.41) is 14.4. The Labute approximate surface area is 265 Å². The van der Waals surface area contributed by atoms with Gasteiger partial charge >= 0.3 is 0 Å². The van der Waals surface area contributed by atoms with Gasteiger partial charge in [-0.25, -0.2) is 8.42 Å². The lowest BCUT2D eigenvalue weighted by molar-refractivity contribution is -0.132. The summed E-state index contributed by atoms with van der Waals surface area (Å²) >= 11 is 1.18. The molecule has 1 aromatic carbocycles. The molecule has 6 rings (SSSR count). The molecule has 2 aliphatic rings. The maximum Gasteiger partial charge on any atom is 0.254 e. The molecule has 0 bridgehead atoms. The quantitative estimate of drug-likeness (QED) is 0.205. The van der Waals surface area contributed by atoms with E-state index in [0.29, 0.717) is 47.0 Å². The highest BCUT2D eigenvalue weighted by Crippen LogP contribution is 2.34. The zero-order chi connectivity index (χ0) is 31.4. The molecule has 0 saturated carbocycles. The molecule has 45 heavy (non-hydrogen) atoms. The van der Waals surface area contributed by atoms with Gasteiger partial charge in [0.2, 0.25) is 0 Å².